The SMILES string of the molecule is NCC1CCN(C(=O)c2ccc(C(F)(F)F)cn2)C1. The van der Waals surface area contributed by atoms with Gasteiger partial charge < -0.3 is 10.6 Å². The lowest BCUT2D eigenvalue weighted by molar-refractivity contribution is -0.137. The Bertz CT molecular complexity index is 458. The molecule has 0 saturated carbocycles. The van der Waals surface area contributed by atoms with Crippen molar-refractivity contribution in [3.8, 4) is 0 Å². The molecule has 4 nitrogen and oxygen atoms in total. The Morgan fingerprint density at radius 3 is 2.68 bits per heavy atom. The first-order valence-corrected chi connectivity index (χ1v) is 5.94. The van der Waals surface area contributed by atoms with E-state index in [1.54, 1.807) is 4.90 Å². The number of nitrogens with zero attached hydrogens (tertiary/aromatic N) is 2. The third-order valence-corrected chi connectivity index (χ3v) is 3.22. The van der Waals surface area contributed by atoms with Gasteiger partial charge in [-0.15, -0.1) is 0 Å². The summed E-state index contributed by atoms with van der Waals surface area (Å²) in [5.41, 5.74) is 4.70. The molecule has 0 aliphatic carbocycles. The lowest BCUT2D eigenvalue weighted by Gasteiger charge is -2.16. The first-order valence-electron chi connectivity index (χ1n) is 5.94. The molecule has 2 rings (SSSR count). The number of aromatic nitrogens is 1. The van der Waals surface area contributed by atoms with Crippen LogP contribution in [0.2, 0.25) is 0 Å². The third kappa shape index (κ3) is 3.04. The number of hydrogen-bond acceptors (Lipinski definition) is 3. The molecule has 104 valence electrons. The van der Waals surface area contributed by atoms with E-state index in [-0.39, 0.29) is 17.5 Å². The fourth-order valence-corrected chi connectivity index (χ4v) is 2.06. The van der Waals surface area contributed by atoms with Gasteiger partial charge in [0.2, 0.25) is 0 Å². The topological polar surface area (TPSA) is 59.2 Å². The van der Waals surface area contributed by atoms with Crippen molar-refractivity contribution >= 4 is 5.91 Å². The fourth-order valence-electron chi connectivity index (χ4n) is 2.06. The summed E-state index contributed by atoms with van der Waals surface area (Å²) >= 11 is 0. The first kappa shape index (κ1) is 13.8. The predicted molar refractivity (Wildman–Crippen MR) is 62.3 cm³/mol. The molecule has 1 fully saturated rings. The van der Waals surface area contributed by atoms with Gasteiger partial charge in [0.05, 0.1) is 5.56 Å². The van der Waals surface area contributed by atoms with Crippen molar-refractivity contribution in [1.82, 2.24) is 9.88 Å². The first-order chi connectivity index (χ1) is 8.91. The Morgan fingerprint density at radius 1 is 1.47 bits per heavy atom. The van der Waals surface area contributed by atoms with Crippen molar-refractivity contribution in [1.29, 1.82) is 0 Å². The van der Waals surface area contributed by atoms with E-state index >= 15 is 0 Å². The molecule has 7 heteroatoms. The van der Waals surface area contributed by atoms with Crippen LogP contribution in [0.4, 0.5) is 13.2 Å². The second-order valence-electron chi connectivity index (χ2n) is 4.57. The average Bonchev–Trinajstić information content (AvgIpc) is 2.86. The Kier molecular flexibility index (Phi) is 3.75. The normalized spacial score (nSPS) is 19.8. The van der Waals surface area contributed by atoms with E-state index in [4.69, 9.17) is 5.73 Å². The van der Waals surface area contributed by atoms with Crippen molar-refractivity contribution in [3.05, 3.63) is 29.6 Å². The zero-order valence-corrected chi connectivity index (χ0v) is 10.2. The van der Waals surface area contributed by atoms with E-state index in [0.29, 0.717) is 25.8 Å². The third-order valence-electron chi connectivity index (χ3n) is 3.22. The predicted octanol–water partition coefficient (Wildman–Crippen LogP) is 1.52. The monoisotopic (exact) mass is 273 g/mol. The smallest absolute Gasteiger partial charge is 0.337 e. The zero-order valence-electron chi connectivity index (χ0n) is 10.2. The molecule has 1 aromatic rings. The Balaban J connectivity index is 2.08. The van der Waals surface area contributed by atoms with Gasteiger partial charge in [-0.25, -0.2) is 0 Å². The van der Waals surface area contributed by atoms with Crippen molar-refractivity contribution in [2.24, 2.45) is 11.7 Å². The maximum atomic E-state index is 12.4. The highest BCUT2D eigenvalue weighted by molar-refractivity contribution is 5.92. The molecule has 0 aromatic carbocycles. The van der Waals surface area contributed by atoms with Crippen LogP contribution < -0.4 is 5.73 Å². The number of carbonyl (C=O) groups excluding carboxylic acids is 1. The second kappa shape index (κ2) is 5.16. The Hall–Kier alpha value is -1.63. The number of pyridine rings is 1. The van der Waals surface area contributed by atoms with Crippen LogP contribution in [-0.2, 0) is 6.18 Å². The molecule has 1 aromatic heterocycles. The van der Waals surface area contributed by atoms with E-state index in [0.717, 1.165) is 18.6 Å². The highest BCUT2D eigenvalue weighted by Crippen LogP contribution is 2.28. The van der Waals surface area contributed by atoms with Gasteiger partial charge >= 0.3 is 6.18 Å². The molecule has 2 heterocycles. The van der Waals surface area contributed by atoms with Gasteiger partial charge in [0.1, 0.15) is 5.69 Å². The number of hydrogen-bond donors (Lipinski definition) is 1. The zero-order chi connectivity index (χ0) is 14.0. The van der Waals surface area contributed by atoms with Gasteiger partial charge in [0, 0.05) is 19.3 Å². The minimum atomic E-state index is -4.44. The minimum absolute atomic E-state index is 0.0330. The molecule has 0 bridgehead atoms. The molecule has 1 saturated heterocycles. The van der Waals surface area contributed by atoms with Crippen LogP contribution in [0.15, 0.2) is 18.3 Å². The van der Waals surface area contributed by atoms with E-state index in [2.05, 4.69) is 4.98 Å². The lowest BCUT2D eigenvalue weighted by atomic mass is 10.1. The van der Waals surface area contributed by atoms with Crippen LogP contribution in [0.3, 0.4) is 0 Å². The summed E-state index contributed by atoms with van der Waals surface area (Å²) < 4.78 is 37.1. The summed E-state index contributed by atoms with van der Waals surface area (Å²) in [6, 6.07) is 1.98. The molecule has 1 atom stereocenters. The van der Waals surface area contributed by atoms with Gasteiger partial charge in [-0.1, -0.05) is 0 Å². The van der Waals surface area contributed by atoms with Gasteiger partial charge in [-0.2, -0.15) is 13.2 Å². The van der Waals surface area contributed by atoms with Crippen LogP contribution in [0.25, 0.3) is 0 Å². The van der Waals surface area contributed by atoms with Crippen molar-refractivity contribution in [2.75, 3.05) is 19.6 Å². The summed E-state index contributed by atoms with van der Waals surface area (Å²) in [5.74, 6) is -0.0805. The summed E-state index contributed by atoms with van der Waals surface area (Å²) in [6.45, 7) is 1.62. The quantitative estimate of drug-likeness (QED) is 0.888. The molecular formula is C12H14F3N3O. The molecule has 1 aliphatic rings. The summed E-state index contributed by atoms with van der Waals surface area (Å²) in [4.78, 5) is 17.2. The molecule has 19 heavy (non-hydrogen) atoms. The summed E-state index contributed by atoms with van der Waals surface area (Å²) in [7, 11) is 0. The van der Waals surface area contributed by atoms with E-state index < -0.39 is 11.7 Å². The van der Waals surface area contributed by atoms with Crippen LogP contribution in [0.5, 0.6) is 0 Å². The second-order valence-corrected chi connectivity index (χ2v) is 4.57. The molecule has 0 spiro atoms. The lowest BCUT2D eigenvalue weighted by Crippen LogP contribution is -2.30. The molecule has 2 N–H and O–H groups in total. The van der Waals surface area contributed by atoms with Crippen molar-refractivity contribution in [3.63, 3.8) is 0 Å². The maximum Gasteiger partial charge on any atom is 0.417 e. The van der Waals surface area contributed by atoms with Crippen LogP contribution >= 0.6 is 0 Å². The van der Waals surface area contributed by atoms with E-state index in [1.807, 2.05) is 0 Å². The van der Waals surface area contributed by atoms with Crippen molar-refractivity contribution < 1.29 is 18.0 Å². The van der Waals surface area contributed by atoms with Crippen LogP contribution in [0.1, 0.15) is 22.5 Å². The van der Waals surface area contributed by atoms with Crippen LogP contribution in [-0.4, -0.2) is 35.4 Å². The number of carbonyl (C=O) groups is 1. The Labute approximate surface area is 108 Å². The average molecular weight is 273 g/mol. The molecule has 1 amide bonds. The number of alkyl halides is 3. The Morgan fingerprint density at radius 2 is 2.21 bits per heavy atom. The summed E-state index contributed by atoms with van der Waals surface area (Å²) in [5, 5.41) is 0. The van der Waals surface area contributed by atoms with E-state index in [9.17, 15) is 18.0 Å². The van der Waals surface area contributed by atoms with Gasteiger partial charge in [0.15, 0.2) is 0 Å². The molecule has 1 aliphatic heterocycles. The highest BCUT2D eigenvalue weighted by atomic mass is 19.4. The number of halogens is 3. The van der Waals surface area contributed by atoms with Crippen LogP contribution in [0, 0.1) is 5.92 Å². The fraction of sp³-hybridized carbons (Fsp3) is 0.500. The van der Waals surface area contributed by atoms with Gasteiger partial charge in [-0.3, -0.25) is 9.78 Å². The number of nitrogens with two attached hydrogens (primary N) is 1. The van der Waals surface area contributed by atoms with Gasteiger partial charge in [-0.05, 0) is 31.0 Å². The number of amides is 1. The molecule has 0 radical (unpaired) electrons. The van der Waals surface area contributed by atoms with Crippen molar-refractivity contribution in [2.45, 2.75) is 12.6 Å². The summed E-state index contributed by atoms with van der Waals surface area (Å²) in [6.07, 6.45) is -2.93. The molecular weight excluding hydrogens is 259 g/mol. The van der Waals surface area contributed by atoms with Gasteiger partial charge in [0.25, 0.3) is 5.91 Å². The number of likely N-dealkylation sites (tertiary alicyclic amines) is 1. The maximum absolute atomic E-state index is 12.4. The largest absolute Gasteiger partial charge is 0.417 e. The molecule has 1 unspecified atom stereocenters. The minimum Gasteiger partial charge on any atom is -0.337 e. The number of rotatable bonds is 2. The van der Waals surface area contributed by atoms with E-state index in [1.165, 1.54) is 0 Å². The standard InChI is InChI=1S/C12H14F3N3O/c13-12(14,15)9-1-2-10(17-6-9)11(19)18-4-3-8(5-16)7-18/h1-2,6,8H,3-5,7,16H2. The highest BCUT2D eigenvalue weighted by Gasteiger charge is 2.32.